The highest BCUT2D eigenvalue weighted by atomic mass is 32.2. The summed E-state index contributed by atoms with van der Waals surface area (Å²) in [5, 5.41) is 3.49. The third-order valence-electron chi connectivity index (χ3n) is 3.30. The van der Waals surface area contributed by atoms with E-state index in [4.69, 9.17) is 0 Å². The molecule has 2 rings (SSSR count). The van der Waals surface area contributed by atoms with E-state index < -0.39 is 0 Å². The number of hydrogen-bond donors (Lipinski definition) is 1. The van der Waals surface area contributed by atoms with Gasteiger partial charge in [-0.25, -0.2) is 0 Å². The van der Waals surface area contributed by atoms with Crippen molar-refractivity contribution in [1.82, 2.24) is 5.32 Å². The first-order valence-corrected chi connectivity index (χ1v) is 7.75. The molecule has 0 aromatic heterocycles. The summed E-state index contributed by atoms with van der Waals surface area (Å²) in [4.78, 5) is 0. The van der Waals surface area contributed by atoms with Crippen LogP contribution >= 0.6 is 11.8 Å². The van der Waals surface area contributed by atoms with Crippen LogP contribution in [0.5, 0.6) is 0 Å². The summed E-state index contributed by atoms with van der Waals surface area (Å²) >= 11 is 2.09. The molecule has 1 atom stereocenters. The van der Waals surface area contributed by atoms with E-state index in [1.54, 1.807) is 0 Å². The van der Waals surface area contributed by atoms with Crippen LogP contribution in [0.25, 0.3) is 0 Å². The molecule has 2 heteroatoms. The number of nitrogens with one attached hydrogen (secondary N) is 1. The molecule has 0 radical (unpaired) electrons. The van der Waals surface area contributed by atoms with E-state index in [1.165, 1.54) is 54.1 Å². The lowest BCUT2D eigenvalue weighted by Gasteiger charge is -2.22. The van der Waals surface area contributed by atoms with Crippen molar-refractivity contribution in [3.05, 3.63) is 34.9 Å². The smallest absolute Gasteiger partial charge is 0.0184 e. The zero-order valence-electron chi connectivity index (χ0n) is 11.0. The van der Waals surface area contributed by atoms with Crippen molar-refractivity contribution < 1.29 is 0 Å². The molecular weight excluding hydrogens is 226 g/mol. The normalized spacial score (nSPS) is 20.5. The largest absolute Gasteiger partial charge is 0.316 e. The van der Waals surface area contributed by atoms with Crippen LogP contribution in [0.4, 0.5) is 0 Å². The first-order chi connectivity index (χ1) is 8.24. The standard InChI is InChI=1S/C15H23NS/c1-12-6-13(2)8-15(7-12)11-17-10-14-4-3-5-16-9-14/h6-8,14,16H,3-5,9-11H2,1-2H3. The van der Waals surface area contributed by atoms with Gasteiger partial charge in [-0.3, -0.25) is 0 Å². The second kappa shape index (κ2) is 6.46. The van der Waals surface area contributed by atoms with Gasteiger partial charge >= 0.3 is 0 Å². The quantitative estimate of drug-likeness (QED) is 0.876. The molecule has 0 bridgehead atoms. The summed E-state index contributed by atoms with van der Waals surface area (Å²) in [6, 6.07) is 6.89. The Balaban J connectivity index is 1.77. The van der Waals surface area contributed by atoms with Crippen molar-refractivity contribution >= 4 is 11.8 Å². The fourth-order valence-corrected chi connectivity index (χ4v) is 3.70. The van der Waals surface area contributed by atoms with E-state index in [1.807, 2.05) is 0 Å². The van der Waals surface area contributed by atoms with Gasteiger partial charge in [0.2, 0.25) is 0 Å². The van der Waals surface area contributed by atoms with E-state index in [0.717, 1.165) is 5.92 Å². The van der Waals surface area contributed by atoms with Gasteiger partial charge in [0, 0.05) is 5.75 Å². The summed E-state index contributed by atoms with van der Waals surface area (Å²) < 4.78 is 0. The Hall–Kier alpha value is -0.470. The lowest BCUT2D eigenvalue weighted by molar-refractivity contribution is 0.410. The minimum Gasteiger partial charge on any atom is -0.316 e. The second-order valence-corrected chi connectivity index (χ2v) is 6.25. The lowest BCUT2D eigenvalue weighted by Crippen LogP contribution is -2.30. The highest BCUT2D eigenvalue weighted by Gasteiger charge is 2.12. The summed E-state index contributed by atoms with van der Waals surface area (Å²) in [6.07, 6.45) is 2.77. The van der Waals surface area contributed by atoms with Crippen LogP contribution in [-0.4, -0.2) is 18.8 Å². The molecule has 1 saturated heterocycles. The average Bonchev–Trinajstić information content (AvgIpc) is 2.29. The van der Waals surface area contributed by atoms with Crippen LogP contribution in [0, 0.1) is 19.8 Å². The minimum absolute atomic E-state index is 0.889. The molecule has 1 N–H and O–H groups in total. The molecule has 1 aromatic rings. The highest BCUT2D eigenvalue weighted by molar-refractivity contribution is 7.98. The fraction of sp³-hybridized carbons (Fsp3) is 0.600. The third-order valence-corrected chi connectivity index (χ3v) is 4.55. The second-order valence-electron chi connectivity index (χ2n) is 5.22. The molecule has 0 amide bonds. The predicted molar refractivity (Wildman–Crippen MR) is 77.7 cm³/mol. The average molecular weight is 249 g/mol. The monoisotopic (exact) mass is 249 g/mol. The molecule has 0 saturated carbocycles. The maximum Gasteiger partial charge on any atom is 0.0184 e. The molecule has 1 unspecified atom stereocenters. The van der Waals surface area contributed by atoms with Gasteiger partial charge in [0.1, 0.15) is 0 Å². The summed E-state index contributed by atoms with van der Waals surface area (Å²) in [5.74, 6) is 3.36. The van der Waals surface area contributed by atoms with Crippen LogP contribution < -0.4 is 5.32 Å². The van der Waals surface area contributed by atoms with Gasteiger partial charge < -0.3 is 5.32 Å². The first kappa shape index (κ1) is 13.0. The van der Waals surface area contributed by atoms with Gasteiger partial charge in [-0.1, -0.05) is 29.3 Å². The Labute approximate surface area is 109 Å². The zero-order valence-corrected chi connectivity index (χ0v) is 11.8. The third kappa shape index (κ3) is 4.36. The molecule has 1 aliphatic heterocycles. The number of benzene rings is 1. The topological polar surface area (TPSA) is 12.0 Å². The maximum absolute atomic E-state index is 3.49. The van der Waals surface area contributed by atoms with Gasteiger partial charge in [0.25, 0.3) is 0 Å². The maximum atomic E-state index is 3.49. The molecule has 0 spiro atoms. The van der Waals surface area contributed by atoms with Gasteiger partial charge in [-0.2, -0.15) is 11.8 Å². The number of rotatable bonds is 4. The van der Waals surface area contributed by atoms with Crippen molar-refractivity contribution in [3.63, 3.8) is 0 Å². The van der Waals surface area contributed by atoms with Crippen molar-refractivity contribution in [2.24, 2.45) is 5.92 Å². The Morgan fingerprint density at radius 2 is 2.00 bits per heavy atom. The summed E-state index contributed by atoms with van der Waals surface area (Å²) in [6.45, 7) is 6.82. The number of piperidine rings is 1. The Morgan fingerprint density at radius 3 is 2.65 bits per heavy atom. The van der Waals surface area contributed by atoms with Crippen molar-refractivity contribution in [3.8, 4) is 0 Å². The first-order valence-electron chi connectivity index (χ1n) is 6.59. The minimum atomic E-state index is 0.889. The van der Waals surface area contributed by atoms with Crippen LogP contribution in [0.1, 0.15) is 29.5 Å². The SMILES string of the molecule is Cc1cc(C)cc(CSCC2CCCNC2)c1. The van der Waals surface area contributed by atoms with Gasteiger partial charge in [0.05, 0.1) is 0 Å². The van der Waals surface area contributed by atoms with Crippen LogP contribution in [0.15, 0.2) is 18.2 Å². The van der Waals surface area contributed by atoms with Gasteiger partial charge in [-0.05, 0) is 57.0 Å². The van der Waals surface area contributed by atoms with E-state index in [2.05, 4.69) is 49.1 Å². The Kier molecular flexibility index (Phi) is 4.93. The molecule has 1 fully saturated rings. The predicted octanol–water partition coefficient (Wildman–Crippen LogP) is 3.54. The number of hydrogen-bond acceptors (Lipinski definition) is 2. The molecule has 17 heavy (non-hydrogen) atoms. The zero-order chi connectivity index (χ0) is 12.1. The highest BCUT2D eigenvalue weighted by Crippen LogP contribution is 2.21. The van der Waals surface area contributed by atoms with E-state index in [-0.39, 0.29) is 0 Å². The number of aryl methyl sites for hydroxylation is 2. The van der Waals surface area contributed by atoms with Crippen molar-refractivity contribution in [2.75, 3.05) is 18.8 Å². The summed E-state index contributed by atoms with van der Waals surface area (Å²) in [5.41, 5.74) is 4.26. The van der Waals surface area contributed by atoms with Crippen molar-refractivity contribution in [1.29, 1.82) is 0 Å². The van der Waals surface area contributed by atoms with Gasteiger partial charge in [-0.15, -0.1) is 0 Å². The molecule has 1 aliphatic rings. The Morgan fingerprint density at radius 1 is 1.24 bits per heavy atom. The molecule has 1 nitrogen and oxygen atoms in total. The van der Waals surface area contributed by atoms with E-state index >= 15 is 0 Å². The molecule has 94 valence electrons. The molecular formula is C15H23NS. The lowest BCUT2D eigenvalue weighted by atomic mass is 10.0. The fourth-order valence-electron chi connectivity index (χ4n) is 2.56. The number of thioether (sulfide) groups is 1. The van der Waals surface area contributed by atoms with Crippen LogP contribution in [0.2, 0.25) is 0 Å². The van der Waals surface area contributed by atoms with Crippen LogP contribution in [-0.2, 0) is 5.75 Å². The Bertz CT molecular complexity index is 336. The molecule has 1 aromatic carbocycles. The molecule has 1 heterocycles. The van der Waals surface area contributed by atoms with Crippen molar-refractivity contribution in [2.45, 2.75) is 32.4 Å². The van der Waals surface area contributed by atoms with E-state index in [0.29, 0.717) is 0 Å². The van der Waals surface area contributed by atoms with Gasteiger partial charge in [0.15, 0.2) is 0 Å². The van der Waals surface area contributed by atoms with Crippen LogP contribution in [0.3, 0.4) is 0 Å². The summed E-state index contributed by atoms with van der Waals surface area (Å²) in [7, 11) is 0. The molecule has 0 aliphatic carbocycles. The van der Waals surface area contributed by atoms with E-state index in [9.17, 15) is 0 Å².